The number of hydrogen-bond donors (Lipinski definition) is 2. The van der Waals surface area contributed by atoms with E-state index in [4.69, 9.17) is 10.5 Å². The zero-order valence-corrected chi connectivity index (χ0v) is 14.3. The summed E-state index contributed by atoms with van der Waals surface area (Å²) in [4.78, 5) is 18.3. The van der Waals surface area contributed by atoms with Crippen molar-refractivity contribution >= 4 is 17.2 Å². The Kier molecular flexibility index (Phi) is 4.03. The molecule has 0 aromatic carbocycles. The van der Waals surface area contributed by atoms with E-state index in [-0.39, 0.29) is 23.3 Å². The van der Waals surface area contributed by atoms with Gasteiger partial charge in [0.15, 0.2) is 0 Å². The van der Waals surface area contributed by atoms with Crippen LogP contribution in [0.4, 0.5) is 0 Å². The van der Waals surface area contributed by atoms with Crippen LogP contribution in [0.25, 0.3) is 0 Å². The number of aryl methyl sites for hydroxylation is 1. The molecule has 1 saturated heterocycles. The number of amides is 1. The molecule has 6 heteroatoms. The van der Waals surface area contributed by atoms with Gasteiger partial charge in [0.05, 0.1) is 12.6 Å². The highest BCUT2D eigenvalue weighted by Crippen LogP contribution is 2.57. The number of carbonyl (C=O) groups excluding carboxylic acids is 1. The summed E-state index contributed by atoms with van der Waals surface area (Å²) in [7, 11) is 0. The number of nitrogens with two attached hydrogens (primary N) is 1. The van der Waals surface area contributed by atoms with E-state index in [1.807, 2.05) is 20.0 Å². The van der Waals surface area contributed by atoms with Crippen LogP contribution in [0.5, 0.6) is 0 Å². The summed E-state index contributed by atoms with van der Waals surface area (Å²) < 4.78 is 5.85. The molecule has 1 saturated carbocycles. The van der Waals surface area contributed by atoms with Gasteiger partial charge >= 0.3 is 0 Å². The van der Waals surface area contributed by atoms with E-state index in [1.54, 1.807) is 11.3 Å². The lowest BCUT2D eigenvalue weighted by Gasteiger charge is -2.65. The van der Waals surface area contributed by atoms with Crippen molar-refractivity contribution < 1.29 is 9.53 Å². The molecule has 3 N–H and O–H groups in total. The predicted molar refractivity (Wildman–Crippen MR) is 86.5 cm³/mol. The Morgan fingerprint density at radius 1 is 1.59 bits per heavy atom. The summed E-state index contributed by atoms with van der Waals surface area (Å²) in [6.45, 7) is 7.41. The number of thiazole rings is 1. The fraction of sp³-hybridized carbons (Fsp3) is 0.750. The molecule has 3 unspecified atom stereocenters. The summed E-state index contributed by atoms with van der Waals surface area (Å²) in [6, 6.07) is 0. The maximum atomic E-state index is 12.8. The molecule has 3 rings (SSSR count). The smallest absolute Gasteiger partial charge is 0.241 e. The quantitative estimate of drug-likeness (QED) is 0.886. The summed E-state index contributed by atoms with van der Waals surface area (Å²) >= 11 is 1.64. The lowest BCUT2D eigenvalue weighted by Crippen LogP contribution is -2.82. The molecule has 0 spiro atoms. The predicted octanol–water partition coefficient (Wildman–Crippen LogP) is 1.85. The Hall–Kier alpha value is -0.980. The first-order valence-corrected chi connectivity index (χ1v) is 8.85. The SMILES string of the molecule is CCc1cnc(CNC(=O)C2(N)C3CCCOC3C2(C)C)s1. The topological polar surface area (TPSA) is 77.2 Å². The number of aromatic nitrogens is 1. The van der Waals surface area contributed by atoms with E-state index < -0.39 is 5.54 Å². The number of rotatable bonds is 4. The van der Waals surface area contributed by atoms with Crippen LogP contribution in [0.15, 0.2) is 6.20 Å². The van der Waals surface area contributed by atoms with Gasteiger partial charge in [0, 0.05) is 29.0 Å². The van der Waals surface area contributed by atoms with Crippen LogP contribution in [-0.4, -0.2) is 29.1 Å². The highest BCUT2D eigenvalue weighted by molar-refractivity contribution is 7.11. The van der Waals surface area contributed by atoms with Crippen molar-refractivity contribution in [1.29, 1.82) is 0 Å². The molecule has 2 aliphatic rings. The van der Waals surface area contributed by atoms with Gasteiger partial charge in [-0.3, -0.25) is 4.79 Å². The zero-order chi connectivity index (χ0) is 16.0. The number of fused-ring (bicyclic) bond motifs is 1. The van der Waals surface area contributed by atoms with Gasteiger partial charge < -0.3 is 15.8 Å². The molecule has 22 heavy (non-hydrogen) atoms. The summed E-state index contributed by atoms with van der Waals surface area (Å²) in [5.41, 5.74) is 5.39. The minimum atomic E-state index is -0.844. The summed E-state index contributed by atoms with van der Waals surface area (Å²) in [6.07, 6.45) is 4.90. The van der Waals surface area contributed by atoms with Crippen LogP contribution < -0.4 is 11.1 Å². The fourth-order valence-electron chi connectivity index (χ4n) is 3.93. The molecule has 1 aromatic heterocycles. The van der Waals surface area contributed by atoms with E-state index in [1.165, 1.54) is 4.88 Å². The molecular weight excluding hydrogens is 298 g/mol. The lowest BCUT2D eigenvalue weighted by molar-refractivity contribution is -0.225. The minimum Gasteiger partial charge on any atom is -0.377 e. The van der Waals surface area contributed by atoms with E-state index in [9.17, 15) is 4.79 Å². The third-order valence-electron chi connectivity index (χ3n) is 5.41. The zero-order valence-electron chi connectivity index (χ0n) is 13.5. The lowest BCUT2D eigenvalue weighted by atomic mass is 9.46. The normalized spacial score (nSPS) is 32.9. The molecule has 1 aromatic rings. The molecule has 2 fully saturated rings. The second-order valence-electron chi connectivity index (χ2n) is 6.89. The van der Waals surface area contributed by atoms with Gasteiger partial charge in [-0.2, -0.15) is 0 Å². The molecular formula is C16H25N3O2S. The molecule has 1 aliphatic heterocycles. The third-order valence-corrected chi connectivity index (χ3v) is 6.55. The van der Waals surface area contributed by atoms with Gasteiger partial charge in [0.25, 0.3) is 0 Å². The van der Waals surface area contributed by atoms with Crippen molar-refractivity contribution in [1.82, 2.24) is 10.3 Å². The van der Waals surface area contributed by atoms with Gasteiger partial charge in [-0.15, -0.1) is 11.3 Å². The van der Waals surface area contributed by atoms with Crippen molar-refractivity contribution in [3.05, 3.63) is 16.1 Å². The number of ether oxygens (including phenoxy) is 1. The Labute approximate surface area is 135 Å². The van der Waals surface area contributed by atoms with E-state index >= 15 is 0 Å². The second-order valence-corrected chi connectivity index (χ2v) is 8.09. The summed E-state index contributed by atoms with van der Waals surface area (Å²) in [5.74, 6) is 0.0521. The number of nitrogens with zero attached hydrogens (tertiary/aromatic N) is 1. The minimum absolute atomic E-state index is 0.0718. The van der Waals surface area contributed by atoms with Crippen molar-refractivity contribution in [2.24, 2.45) is 17.1 Å². The third kappa shape index (κ3) is 2.20. The Morgan fingerprint density at radius 2 is 2.36 bits per heavy atom. The maximum absolute atomic E-state index is 12.8. The van der Waals surface area contributed by atoms with E-state index in [0.29, 0.717) is 6.54 Å². The van der Waals surface area contributed by atoms with Gasteiger partial charge in [0.1, 0.15) is 10.5 Å². The highest BCUT2D eigenvalue weighted by atomic mass is 32.1. The highest BCUT2D eigenvalue weighted by Gasteiger charge is 2.70. The van der Waals surface area contributed by atoms with Crippen LogP contribution in [-0.2, 0) is 22.5 Å². The van der Waals surface area contributed by atoms with Crippen molar-refractivity contribution in [3.63, 3.8) is 0 Å². The Balaban J connectivity index is 1.68. The fourth-order valence-corrected chi connectivity index (χ4v) is 4.73. The molecule has 5 nitrogen and oxygen atoms in total. The number of carbonyl (C=O) groups is 1. The van der Waals surface area contributed by atoms with Gasteiger partial charge in [-0.1, -0.05) is 20.8 Å². The first-order chi connectivity index (χ1) is 10.4. The molecule has 122 valence electrons. The van der Waals surface area contributed by atoms with E-state index in [2.05, 4.69) is 17.2 Å². The number of nitrogens with one attached hydrogen (secondary N) is 1. The van der Waals surface area contributed by atoms with Crippen LogP contribution in [0.1, 0.15) is 43.5 Å². The molecule has 0 radical (unpaired) electrons. The van der Waals surface area contributed by atoms with Crippen LogP contribution in [0.2, 0.25) is 0 Å². The standard InChI is InChI=1S/C16H25N3O2S/c1-4-10-8-18-12(22-10)9-19-14(20)16(17)11-6-5-7-21-13(11)15(16,2)3/h8,11,13H,4-7,9,17H2,1-3H3,(H,19,20). The molecule has 2 heterocycles. The average Bonchev–Trinajstić information content (AvgIpc) is 2.99. The summed E-state index contributed by atoms with van der Waals surface area (Å²) in [5, 5.41) is 3.93. The average molecular weight is 323 g/mol. The number of hydrogen-bond acceptors (Lipinski definition) is 5. The van der Waals surface area contributed by atoms with Crippen LogP contribution in [0, 0.1) is 11.3 Å². The van der Waals surface area contributed by atoms with E-state index in [0.717, 1.165) is 30.9 Å². The first-order valence-electron chi connectivity index (χ1n) is 8.03. The van der Waals surface area contributed by atoms with Crippen LogP contribution >= 0.6 is 11.3 Å². The van der Waals surface area contributed by atoms with Crippen molar-refractivity contribution in [2.75, 3.05) is 6.61 Å². The Morgan fingerprint density at radius 3 is 3.05 bits per heavy atom. The Bertz CT molecular complexity index is 571. The second kappa shape index (κ2) is 5.58. The van der Waals surface area contributed by atoms with Gasteiger partial charge in [0.2, 0.25) is 5.91 Å². The van der Waals surface area contributed by atoms with Gasteiger partial charge in [-0.25, -0.2) is 4.98 Å². The molecule has 3 atom stereocenters. The van der Waals surface area contributed by atoms with Crippen molar-refractivity contribution in [3.8, 4) is 0 Å². The van der Waals surface area contributed by atoms with Crippen LogP contribution in [0.3, 0.4) is 0 Å². The maximum Gasteiger partial charge on any atom is 0.241 e. The van der Waals surface area contributed by atoms with Crippen molar-refractivity contribution in [2.45, 2.75) is 58.2 Å². The monoisotopic (exact) mass is 323 g/mol. The molecule has 0 bridgehead atoms. The largest absolute Gasteiger partial charge is 0.377 e. The molecule has 1 amide bonds. The first kappa shape index (κ1) is 15.9. The van der Waals surface area contributed by atoms with Gasteiger partial charge in [-0.05, 0) is 19.3 Å². The molecule has 1 aliphatic carbocycles.